The van der Waals surface area contributed by atoms with E-state index >= 15 is 0 Å². The van der Waals surface area contributed by atoms with Crippen LogP contribution in [0.15, 0.2) is 71.5 Å². The van der Waals surface area contributed by atoms with Crippen molar-refractivity contribution >= 4 is 22.3 Å². The minimum Gasteiger partial charge on any atom is -0.284 e. The largest absolute Gasteiger partial charge is 0.324 e. The molecule has 1 aromatic heterocycles. The van der Waals surface area contributed by atoms with Crippen LogP contribution in [0.4, 0.5) is 0 Å². The van der Waals surface area contributed by atoms with E-state index in [4.69, 9.17) is 4.28 Å². The molecule has 5 nitrogen and oxygen atoms in total. The van der Waals surface area contributed by atoms with Crippen LogP contribution < -0.4 is 9.84 Å². The molecule has 0 aliphatic rings. The second-order valence-electron chi connectivity index (χ2n) is 6.19. The van der Waals surface area contributed by atoms with Gasteiger partial charge in [0.15, 0.2) is 0 Å². The van der Waals surface area contributed by atoms with Gasteiger partial charge in [0.05, 0.1) is 11.9 Å². The van der Waals surface area contributed by atoms with Crippen LogP contribution in [0.1, 0.15) is 16.8 Å². The zero-order valence-electron chi connectivity index (χ0n) is 15.0. The second-order valence-corrected chi connectivity index (χ2v) is 7.75. The highest BCUT2D eigenvalue weighted by Crippen LogP contribution is 2.20. The van der Waals surface area contributed by atoms with Gasteiger partial charge in [-0.3, -0.25) is 9.08 Å². The lowest BCUT2D eigenvalue weighted by molar-refractivity contribution is 0.267. The third-order valence-corrected chi connectivity index (χ3v) is 4.26. The van der Waals surface area contributed by atoms with E-state index in [0.717, 1.165) is 27.7 Å². The van der Waals surface area contributed by atoms with Crippen LogP contribution in [-0.4, -0.2) is 19.4 Å². The summed E-state index contributed by atoms with van der Waals surface area (Å²) in [5, 5.41) is 0. The van der Waals surface area contributed by atoms with Gasteiger partial charge in [0.1, 0.15) is 0 Å². The number of nitrogens with zero attached hydrogens (tertiary/aromatic N) is 1. The van der Waals surface area contributed by atoms with Gasteiger partial charge in [0, 0.05) is 6.07 Å². The quantitative estimate of drug-likeness (QED) is 0.680. The van der Waals surface area contributed by atoms with Crippen molar-refractivity contribution in [2.45, 2.75) is 6.92 Å². The summed E-state index contributed by atoms with van der Waals surface area (Å²) in [6.07, 6.45) is 4.34. The van der Waals surface area contributed by atoms with E-state index in [1.807, 2.05) is 54.6 Å². The van der Waals surface area contributed by atoms with E-state index < -0.39 is 15.7 Å². The van der Waals surface area contributed by atoms with E-state index in [1.54, 1.807) is 25.1 Å². The Bertz CT molecular complexity index is 1130. The van der Waals surface area contributed by atoms with E-state index in [-0.39, 0.29) is 0 Å². The molecule has 0 unspecified atom stereocenters. The molecule has 0 bridgehead atoms. The van der Waals surface area contributed by atoms with Gasteiger partial charge in [-0.25, -0.2) is 0 Å². The van der Waals surface area contributed by atoms with E-state index in [1.165, 1.54) is 6.07 Å². The van der Waals surface area contributed by atoms with Crippen LogP contribution in [-0.2, 0) is 10.1 Å². The number of aryl methyl sites for hydroxylation is 1. The lowest BCUT2D eigenvalue weighted by Crippen LogP contribution is -2.31. The van der Waals surface area contributed by atoms with Crippen LogP contribution in [0.25, 0.3) is 23.3 Å². The molecule has 2 aromatic carbocycles. The molecular weight excluding hydrogens is 362 g/mol. The number of hydrogen-bond acceptors (Lipinski definition) is 4. The maximum atomic E-state index is 12.1. The van der Waals surface area contributed by atoms with Crippen molar-refractivity contribution < 1.29 is 12.7 Å². The molecule has 0 N–H and O–H groups in total. The number of hydrogen-bond donors (Lipinski definition) is 0. The maximum absolute atomic E-state index is 12.1. The fourth-order valence-corrected chi connectivity index (χ4v) is 3.07. The Morgan fingerprint density at radius 2 is 1.52 bits per heavy atom. The SMILES string of the molecule is Cc1cc(C=Cc2ccc(-c3ccccc3)cc2)n(OS(C)(=O)=O)c(=O)c1. The van der Waals surface area contributed by atoms with Crippen molar-refractivity contribution in [1.29, 1.82) is 0 Å². The van der Waals surface area contributed by atoms with Crippen molar-refractivity contribution in [3.63, 3.8) is 0 Å². The Morgan fingerprint density at radius 1 is 0.889 bits per heavy atom. The molecule has 0 aliphatic carbocycles. The molecule has 3 rings (SSSR count). The highest BCUT2D eigenvalue weighted by molar-refractivity contribution is 7.86. The van der Waals surface area contributed by atoms with Crippen LogP contribution in [0.2, 0.25) is 0 Å². The van der Waals surface area contributed by atoms with Gasteiger partial charge in [-0.2, -0.15) is 8.42 Å². The zero-order valence-corrected chi connectivity index (χ0v) is 15.8. The summed E-state index contributed by atoms with van der Waals surface area (Å²) in [4.78, 5) is 12.1. The Balaban J connectivity index is 1.91. The average Bonchev–Trinajstić information content (AvgIpc) is 2.63. The molecule has 138 valence electrons. The summed E-state index contributed by atoms with van der Waals surface area (Å²) in [5.74, 6) is 0. The van der Waals surface area contributed by atoms with Crippen molar-refractivity contribution in [2.75, 3.05) is 6.26 Å². The van der Waals surface area contributed by atoms with Gasteiger partial charge in [-0.05, 0) is 41.3 Å². The normalized spacial score (nSPS) is 11.6. The van der Waals surface area contributed by atoms with Crippen LogP contribution in [0.5, 0.6) is 0 Å². The lowest BCUT2D eigenvalue weighted by Gasteiger charge is -2.09. The molecule has 0 fully saturated rings. The summed E-state index contributed by atoms with van der Waals surface area (Å²) in [6.45, 7) is 1.76. The summed E-state index contributed by atoms with van der Waals surface area (Å²) in [7, 11) is -3.83. The summed E-state index contributed by atoms with van der Waals surface area (Å²) < 4.78 is 28.4. The predicted molar refractivity (Wildman–Crippen MR) is 108 cm³/mol. The summed E-state index contributed by atoms with van der Waals surface area (Å²) in [6, 6.07) is 20.9. The van der Waals surface area contributed by atoms with Gasteiger partial charge >= 0.3 is 10.1 Å². The van der Waals surface area contributed by atoms with Crippen molar-refractivity contribution in [3.05, 3.63) is 93.9 Å². The third-order valence-electron chi connectivity index (χ3n) is 3.84. The predicted octanol–water partition coefficient (Wildman–Crippen LogP) is 3.38. The minimum atomic E-state index is -3.83. The highest BCUT2D eigenvalue weighted by Gasteiger charge is 2.10. The second kappa shape index (κ2) is 7.63. The minimum absolute atomic E-state index is 0.345. The van der Waals surface area contributed by atoms with Crippen LogP contribution >= 0.6 is 0 Å². The first-order valence-electron chi connectivity index (χ1n) is 8.29. The fourth-order valence-electron chi connectivity index (χ4n) is 2.64. The molecule has 0 amide bonds. The molecule has 0 saturated heterocycles. The summed E-state index contributed by atoms with van der Waals surface area (Å²) >= 11 is 0. The van der Waals surface area contributed by atoms with Gasteiger partial charge in [-0.15, -0.1) is 4.73 Å². The van der Waals surface area contributed by atoms with Crippen molar-refractivity contribution in [1.82, 2.24) is 4.73 Å². The molecule has 0 atom stereocenters. The smallest absolute Gasteiger partial charge is 0.284 e. The standard InChI is InChI=1S/C21H19NO4S/c1-16-14-20(22(21(23)15-16)26-27(2,24)25)13-10-17-8-11-19(12-9-17)18-6-4-3-5-7-18/h3-15H,1-2H3. The molecule has 6 heteroatoms. The molecule has 0 radical (unpaired) electrons. The molecule has 3 aromatic rings. The zero-order chi connectivity index (χ0) is 19.4. The molecule has 1 heterocycles. The highest BCUT2D eigenvalue weighted by atomic mass is 32.2. The topological polar surface area (TPSA) is 65.4 Å². The Labute approximate surface area is 158 Å². The van der Waals surface area contributed by atoms with E-state index in [9.17, 15) is 13.2 Å². The van der Waals surface area contributed by atoms with Gasteiger partial charge in [0.2, 0.25) is 0 Å². The molecule has 27 heavy (non-hydrogen) atoms. The molecule has 0 saturated carbocycles. The maximum Gasteiger partial charge on any atom is 0.324 e. The first-order valence-corrected chi connectivity index (χ1v) is 10.1. The van der Waals surface area contributed by atoms with Crippen molar-refractivity contribution in [3.8, 4) is 11.1 Å². The first kappa shape index (κ1) is 18.7. The van der Waals surface area contributed by atoms with Gasteiger partial charge in [-0.1, -0.05) is 60.7 Å². The first-order chi connectivity index (χ1) is 12.8. The van der Waals surface area contributed by atoms with E-state index in [2.05, 4.69) is 0 Å². The fraction of sp³-hybridized carbons (Fsp3) is 0.0952. The number of aromatic nitrogens is 1. The number of benzene rings is 2. The van der Waals surface area contributed by atoms with Gasteiger partial charge < -0.3 is 0 Å². The van der Waals surface area contributed by atoms with Crippen molar-refractivity contribution in [2.24, 2.45) is 0 Å². The average molecular weight is 381 g/mol. The molecule has 0 aliphatic heterocycles. The monoisotopic (exact) mass is 381 g/mol. The molecule has 0 spiro atoms. The number of rotatable bonds is 5. The van der Waals surface area contributed by atoms with Crippen LogP contribution in [0.3, 0.4) is 0 Å². The third kappa shape index (κ3) is 4.95. The molecular formula is C21H19NO4S. The number of pyridine rings is 1. The summed E-state index contributed by atoms with van der Waals surface area (Å²) in [5.41, 5.74) is 3.65. The van der Waals surface area contributed by atoms with E-state index in [0.29, 0.717) is 11.3 Å². The van der Waals surface area contributed by atoms with Crippen LogP contribution in [0, 0.1) is 6.92 Å². The Kier molecular flexibility index (Phi) is 5.28. The lowest BCUT2D eigenvalue weighted by atomic mass is 10.0. The Hall–Kier alpha value is -3.12. The Morgan fingerprint density at radius 3 is 2.15 bits per heavy atom. The van der Waals surface area contributed by atoms with Gasteiger partial charge in [0.25, 0.3) is 5.56 Å².